The van der Waals surface area contributed by atoms with Gasteiger partial charge in [-0.05, 0) is 0 Å². The first-order valence-electron chi connectivity index (χ1n) is 0.413. The molecule has 1 fully saturated rings. The van der Waals surface area contributed by atoms with Crippen molar-refractivity contribution >= 4 is 0 Å². The van der Waals surface area contributed by atoms with Gasteiger partial charge in [-0.3, -0.25) is 0 Å². The van der Waals surface area contributed by atoms with Crippen LogP contribution in [0.15, 0.2) is 0 Å². The molecule has 1 rings (SSSR count). The minimum absolute atomic E-state index is 0. The van der Waals surface area contributed by atoms with Crippen molar-refractivity contribution in [1.82, 2.24) is 0 Å². The maximum absolute atomic E-state index is 3.91. The molecule has 1 aliphatic heterocycles. The first-order chi connectivity index (χ1) is 1.50. The first-order valence-corrected chi connectivity index (χ1v) is 1.18. The van der Waals surface area contributed by atoms with Gasteiger partial charge in [0.2, 0.25) is 0 Å². The monoisotopic (exact) mass is 151 g/mol. The van der Waals surface area contributed by atoms with Gasteiger partial charge in [-0.1, -0.05) is 0 Å². The van der Waals surface area contributed by atoms with E-state index in [9.17, 15) is 0 Å². The second-order valence-corrected chi connectivity index (χ2v) is 0.622. The Labute approximate surface area is 41.1 Å². The summed E-state index contributed by atoms with van der Waals surface area (Å²) in [6.07, 6.45) is 0. The van der Waals surface area contributed by atoms with Crippen LogP contribution in [0.2, 0.25) is 0 Å². The maximum atomic E-state index is 3.91. The van der Waals surface area contributed by atoms with Crippen LogP contribution in [0.25, 0.3) is 0 Å². The van der Waals surface area contributed by atoms with Crippen LogP contribution in [0.3, 0.4) is 0 Å². The molecule has 0 saturated carbocycles. The molecule has 4 heteroatoms. The summed E-state index contributed by atoms with van der Waals surface area (Å²) in [5, 5.41) is 0. The van der Waals surface area contributed by atoms with Crippen LogP contribution in [0.4, 0.5) is 0 Å². The fourth-order valence-corrected chi connectivity index (χ4v) is 0. The van der Waals surface area contributed by atoms with Crippen molar-refractivity contribution in [2.75, 3.05) is 0 Å². The Morgan fingerprint density at radius 1 is 1.25 bits per heavy atom. The van der Waals surface area contributed by atoms with Gasteiger partial charge in [-0.25, -0.2) is 0 Å². The molecule has 0 unspecified atom stereocenters. The van der Waals surface area contributed by atoms with Crippen molar-refractivity contribution in [3.8, 4) is 0 Å². The van der Waals surface area contributed by atoms with Gasteiger partial charge in [-0.15, -0.1) is 0 Å². The van der Waals surface area contributed by atoms with E-state index < -0.39 is 0 Å². The van der Waals surface area contributed by atoms with E-state index in [4.69, 9.17) is 0 Å². The molecule has 1 saturated heterocycles. The average Bonchev–Trinajstić information content (AvgIpc) is 1.46. The summed E-state index contributed by atoms with van der Waals surface area (Å²) < 4.78 is 7.81. The zero-order valence-electron chi connectivity index (χ0n) is 1.47. The molecule has 0 aromatic carbocycles. The van der Waals surface area contributed by atoms with Crippen LogP contribution in [-0.4, -0.2) is 0 Å². The third-order valence-corrected chi connectivity index (χ3v) is 0.207. The van der Waals surface area contributed by atoms with Crippen LogP contribution in [0.5, 0.6) is 0 Å². The molecule has 4 heavy (non-hydrogen) atoms. The summed E-state index contributed by atoms with van der Waals surface area (Å²) >= 11 is 1.06. The zero-order chi connectivity index (χ0) is 2.12. The molecular weight excluding hydrogens is 151 g/mol. The molecule has 1 aliphatic rings. The zero-order valence-corrected chi connectivity index (χ0v) is 3.52. The molecule has 0 aliphatic carbocycles. The average molecular weight is 151 g/mol. The van der Waals surface area contributed by atoms with Crippen molar-refractivity contribution in [2.45, 2.75) is 0 Å². The third-order valence-electron chi connectivity index (χ3n) is 0.0503. The van der Waals surface area contributed by atoms with E-state index in [1.54, 1.807) is 0 Å². The molecule has 31 valence electrons. The first kappa shape index (κ1) is 4.96. The van der Waals surface area contributed by atoms with Crippen molar-refractivity contribution < 1.29 is 40.6 Å². The molecule has 0 atom stereocenters. The fourth-order valence-electron chi connectivity index (χ4n) is 0. The normalized spacial score (nSPS) is 20.0. The van der Waals surface area contributed by atoms with Crippen molar-refractivity contribution in [3.63, 3.8) is 0 Å². The summed E-state index contributed by atoms with van der Waals surface area (Å²) in [5.41, 5.74) is 0. The van der Waals surface area contributed by atoms with E-state index >= 15 is 0 Å². The van der Waals surface area contributed by atoms with E-state index in [1.807, 2.05) is 0 Å². The van der Waals surface area contributed by atoms with Gasteiger partial charge in [0.1, 0.15) is 0 Å². The van der Waals surface area contributed by atoms with Crippen LogP contribution >= 0.6 is 0 Å². The Balaban J connectivity index is 0.0000000900. The minimum atomic E-state index is 0. The molecule has 0 amide bonds. The molecule has 0 N–H and O–H groups in total. The number of hydrogen-bond acceptors (Lipinski definition) is 2. The summed E-state index contributed by atoms with van der Waals surface area (Å²) in [6.45, 7) is 0. The van der Waals surface area contributed by atoms with E-state index in [1.165, 1.54) is 0 Å². The predicted octanol–water partition coefficient (Wildman–Crippen LogP) is -0.142. The summed E-state index contributed by atoms with van der Waals surface area (Å²) in [4.78, 5) is 0. The molecule has 0 aromatic rings. The Morgan fingerprint density at radius 3 is 1.50 bits per heavy atom. The standard InChI is InChI=1S/Cu.Fe.O2/c;;1-2/q+2;;-2. The van der Waals surface area contributed by atoms with Crippen molar-refractivity contribution in [3.05, 3.63) is 0 Å². The van der Waals surface area contributed by atoms with Gasteiger partial charge in [0.05, 0.1) is 0 Å². The fraction of sp³-hybridized carbons (Fsp3) is 0. The summed E-state index contributed by atoms with van der Waals surface area (Å²) in [7, 11) is 0. The van der Waals surface area contributed by atoms with E-state index in [0.29, 0.717) is 0 Å². The Bertz CT molecular complexity index is 10.8. The van der Waals surface area contributed by atoms with E-state index in [0.717, 1.165) is 15.6 Å². The topological polar surface area (TPSA) is 25.1 Å². The quantitative estimate of drug-likeness (QED) is 0.273. The Kier molecular flexibility index (Phi) is 2.74. The Morgan fingerprint density at radius 2 is 1.50 bits per heavy atom. The van der Waals surface area contributed by atoms with Crippen LogP contribution < -0.4 is 0 Å². The molecule has 1 heterocycles. The predicted molar refractivity (Wildman–Crippen MR) is 2.17 cm³/mol. The van der Waals surface area contributed by atoms with Crippen LogP contribution in [0, 0.1) is 0 Å². The molecular formula is CuFeO2. The van der Waals surface area contributed by atoms with Crippen LogP contribution in [0.1, 0.15) is 0 Å². The Hall–Kier alpha value is 0.959. The summed E-state index contributed by atoms with van der Waals surface area (Å²) in [5.74, 6) is 0. The van der Waals surface area contributed by atoms with Gasteiger partial charge in [0.15, 0.2) is 0 Å². The molecule has 0 spiro atoms. The van der Waals surface area contributed by atoms with E-state index in [-0.39, 0.29) is 17.1 Å². The molecule has 0 aromatic heterocycles. The van der Waals surface area contributed by atoms with Crippen molar-refractivity contribution in [2.24, 2.45) is 0 Å². The van der Waals surface area contributed by atoms with Gasteiger partial charge >= 0.3 is 23.6 Å². The van der Waals surface area contributed by atoms with Gasteiger partial charge < -0.3 is 0 Å². The number of rotatable bonds is 0. The molecule has 0 radical (unpaired) electrons. The third kappa shape index (κ3) is 2.96. The van der Waals surface area contributed by atoms with Crippen LogP contribution in [-0.2, 0) is 40.6 Å². The summed E-state index contributed by atoms with van der Waals surface area (Å²) in [6, 6.07) is 0. The van der Waals surface area contributed by atoms with E-state index in [2.05, 4.69) is 7.94 Å². The SMILES string of the molecule is [Fe].[O]1[O][Cu]1. The van der Waals surface area contributed by atoms with Gasteiger partial charge in [-0.2, -0.15) is 0 Å². The van der Waals surface area contributed by atoms with Gasteiger partial charge in [0.25, 0.3) is 0 Å². The van der Waals surface area contributed by atoms with Crippen molar-refractivity contribution in [1.29, 1.82) is 0 Å². The second-order valence-electron chi connectivity index (χ2n) is 0.151. The molecule has 0 bridgehead atoms. The second kappa shape index (κ2) is 2.21. The van der Waals surface area contributed by atoms with Gasteiger partial charge in [0, 0.05) is 17.1 Å². The molecule has 2 nitrogen and oxygen atoms in total. The number of hydrogen-bond donors (Lipinski definition) is 0.